The van der Waals surface area contributed by atoms with Gasteiger partial charge in [0.05, 0.1) is 0 Å². The fourth-order valence-corrected chi connectivity index (χ4v) is 3.95. The topological polar surface area (TPSA) is 55.4 Å². The van der Waals surface area contributed by atoms with Crippen molar-refractivity contribution in [2.45, 2.75) is 18.4 Å². The Morgan fingerprint density at radius 2 is 1.41 bits per heavy atom. The van der Waals surface area contributed by atoms with Crippen LogP contribution >= 0.6 is 11.6 Å². The van der Waals surface area contributed by atoms with Crippen molar-refractivity contribution in [1.29, 1.82) is 0 Å². The first-order valence-electron chi connectivity index (χ1n) is 9.48. The maximum atomic E-state index is 12.4. The number of amides is 1. The number of hydrogen-bond acceptors (Lipinski definition) is 3. The maximum Gasteiger partial charge on any atom is 0.407 e. The minimum atomic E-state index is -0.838. The van der Waals surface area contributed by atoms with Gasteiger partial charge in [-0.3, -0.25) is 4.79 Å². The van der Waals surface area contributed by atoms with E-state index in [-0.39, 0.29) is 12.5 Å². The van der Waals surface area contributed by atoms with Crippen molar-refractivity contribution >= 4 is 22.9 Å². The molecule has 1 aliphatic rings. The van der Waals surface area contributed by atoms with Gasteiger partial charge in [0.2, 0.25) is 5.24 Å². The molecule has 0 saturated heterocycles. The second kappa shape index (κ2) is 8.50. The van der Waals surface area contributed by atoms with E-state index in [0.29, 0.717) is 6.42 Å². The predicted molar refractivity (Wildman–Crippen MR) is 113 cm³/mol. The van der Waals surface area contributed by atoms with E-state index in [2.05, 4.69) is 29.6 Å². The lowest BCUT2D eigenvalue weighted by atomic mass is 9.98. The summed E-state index contributed by atoms with van der Waals surface area (Å²) in [6, 6.07) is 24.8. The van der Waals surface area contributed by atoms with E-state index in [1.54, 1.807) is 0 Å². The van der Waals surface area contributed by atoms with Gasteiger partial charge in [-0.15, -0.1) is 0 Å². The Balaban J connectivity index is 1.43. The largest absolute Gasteiger partial charge is 0.449 e. The Labute approximate surface area is 174 Å². The maximum absolute atomic E-state index is 12.4. The fourth-order valence-electron chi connectivity index (χ4n) is 3.82. The monoisotopic (exact) mass is 405 g/mol. The molecule has 4 rings (SSSR count). The number of benzene rings is 3. The highest BCUT2D eigenvalue weighted by molar-refractivity contribution is 6.64. The molecule has 1 amide bonds. The summed E-state index contributed by atoms with van der Waals surface area (Å²) in [6.45, 7) is 0.189. The van der Waals surface area contributed by atoms with E-state index in [9.17, 15) is 9.59 Å². The van der Waals surface area contributed by atoms with Crippen molar-refractivity contribution in [2.75, 3.05) is 6.61 Å². The highest BCUT2D eigenvalue weighted by atomic mass is 35.5. The van der Waals surface area contributed by atoms with Crippen LogP contribution in [-0.4, -0.2) is 24.0 Å². The molecule has 0 spiro atoms. The molecular weight excluding hydrogens is 386 g/mol. The van der Waals surface area contributed by atoms with Crippen LogP contribution in [0.15, 0.2) is 78.9 Å². The summed E-state index contributed by atoms with van der Waals surface area (Å²) in [4.78, 5) is 24.2. The molecule has 0 saturated carbocycles. The Kier molecular flexibility index (Phi) is 5.63. The predicted octanol–water partition coefficient (Wildman–Crippen LogP) is 4.90. The summed E-state index contributed by atoms with van der Waals surface area (Å²) >= 11 is 5.69. The van der Waals surface area contributed by atoms with Crippen LogP contribution in [0.5, 0.6) is 0 Å². The van der Waals surface area contributed by atoms with Crippen LogP contribution in [0.25, 0.3) is 11.1 Å². The third-order valence-corrected chi connectivity index (χ3v) is 5.46. The molecule has 1 atom stereocenters. The number of carbonyl (C=O) groups is 2. The molecule has 3 aromatic rings. The van der Waals surface area contributed by atoms with Gasteiger partial charge in [-0.1, -0.05) is 78.9 Å². The van der Waals surface area contributed by atoms with Gasteiger partial charge in [-0.2, -0.15) is 0 Å². The molecule has 4 nitrogen and oxygen atoms in total. The molecule has 5 heteroatoms. The van der Waals surface area contributed by atoms with Gasteiger partial charge in [0.1, 0.15) is 12.6 Å². The van der Waals surface area contributed by atoms with E-state index in [1.807, 2.05) is 54.6 Å². The zero-order chi connectivity index (χ0) is 20.2. The molecule has 0 radical (unpaired) electrons. The lowest BCUT2D eigenvalue weighted by Crippen LogP contribution is -2.41. The average Bonchev–Trinajstić information content (AvgIpc) is 3.06. The van der Waals surface area contributed by atoms with E-state index < -0.39 is 17.4 Å². The van der Waals surface area contributed by atoms with Gasteiger partial charge in [-0.05, 0) is 39.4 Å². The van der Waals surface area contributed by atoms with Gasteiger partial charge < -0.3 is 10.1 Å². The molecule has 0 aromatic heterocycles. The first-order chi connectivity index (χ1) is 14.1. The summed E-state index contributed by atoms with van der Waals surface area (Å²) in [7, 11) is 0. The van der Waals surface area contributed by atoms with Crippen molar-refractivity contribution in [3.8, 4) is 11.1 Å². The van der Waals surface area contributed by atoms with Crippen LogP contribution in [0.1, 0.15) is 22.6 Å². The van der Waals surface area contributed by atoms with Crippen LogP contribution in [0.4, 0.5) is 4.79 Å². The molecule has 3 aromatic carbocycles. The molecule has 0 fully saturated rings. The molecule has 146 valence electrons. The second-order valence-electron chi connectivity index (χ2n) is 7.02. The third-order valence-electron chi connectivity index (χ3n) is 5.19. The van der Waals surface area contributed by atoms with E-state index in [1.165, 1.54) is 0 Å². The summed E-state index contributed by atoms with van der Waals surface area (Å²) < 4.78 is 5.50. The van der Waals surface area contributed by atoms with Crippen molar-refractivity contribution in [3.05, 3.63) is 95.6 Å². The van der Waals surface area contributed by atoms with Crippen LogP contribution in [0.2, 0.25) is 0 Å². The van der Waals surface area contributed by atoms with Crippen LogP contribution in [-0.2, 0) is 16.0 Å². The molecule has 1 unspecified atom stereocenters. The lowest BCUT2D eigenvalue weighted by Gasteiger charge is -2.17. The zero-order valence-corrected chi connectivity index (χ0v) is 16.4. The molecule has 0 heterocycles. The Morgan fingerprint density at radius 1 is 0.862 bits per heavy atom. The van der Waals surface area contributed by atoms with Crippen LogP contribution < -0.4 is 5.32 Å². The number of alkyl carbamates (subject to hydrolysis) is 1. The minimum absolute atomic E-state index is 0.0348. The highest BCUT2D eigenvalue weighted by Gasteiger charge is 2.29. The normalized spacial score (nSPS) is 13.3. The smallest absolute Gasteiger partial charge is 0.407 e. The first-order valence-corrected chi connectivity index (χ1v) is 9.86. The number of ether oxygens (including phenoxy) is 1. The number of rotatable bonds is 6. The standard InChI is InChI=1S/C24H20ClNO3/c25-23(27)22(14-16-8-2-1-3-9-16)26-24(28)29-15-21-19-12-6-4-10-17(19)18-11-5-7-13-20(18)21/h1-13,21-22H,14-15H2,(H,26,28). The second-order valence-corrected chi connectivity index (χ2v) is 7.39. The van der Waals surface area contributed by atoms with Crippen molar-refractivity contribution in [3.63, 3.8) is 0 Å². The van der Waals surface area contributed by atoms with Gasteiger partial charge in [-0.25, -0.2) is 4.79 Å². The molecule has 0 bridgehead atoms. The molecule has 0 aliphatic heterocycles. The van der Waals surface area contributed by atoms with E-state index in [0.717, 1.165) is 27.8 Å². The summed E-state index contributed by atoms with van der Waals surface area (Å²) in [5, 5.41) is 1.97. The first kappa shape index (κ1) is 19.2. The number of carbonyl (C=O) groups excluding carboxylic acids is 2. The van der Waals surface area contributed by atoms with E-state index in [4.69, 9.17) is 16.3 Å². The summed E-state index contributed by atoms with van der Waals surface area (Å²) in [5.41, 5.74) is 5.50. The minimum Gasteiger partial charge on any atom is -0.449 e. The van der Waals surface area contributed by atoms with Gasteiger partial charge in [0.25, 0.3) is 0 Å². The summed E-state index contributed by atoms with van der Waals surface area (Å²) in [6.07, 6.45) is -0.338. The fraction of sp³-hybridized carbons (Fsp3) is 0.167. The van der Waals surface area contributed by atoms with Gasteiger partial charge >= 0.3 is 6.09 Å². The van der Waals surface area contributed by atoms with Crippen LogP contribution in [0.3, 0.4) is 0 Å². The van der Waals surface area contributed by atoms with E-state index >= 15 is 0 Å². The molecule has 29 heavy (non-hydrogen) atoms. The van der Waals surface area contributed by atoms with Crippen molar-refractivity contribution in [2.24, 2.45) is 0 Å². The Morgan fingerprint density at radius 3 is 2.00 bits per heavy atom. The third kappa shape index (κ3) is 4.17. The zero-order valence-electron chi connectivity index (χ0n) is 15.7. The molecule has 1 aliphatic carbocycles. The van der Waals surface area contributed by atoms with Crippen molar-refractivity contribution < 1.29 is 14.3 Å². The van der Waals surface area contributed by atoms with Gasteiger partial charge in [0, 0.05) is 12.3 Å². The number of hydrogen-bond donors (Lipinski definition) is 1. The van der Waals surface area contributed by atoms with Gasteiger partial charge in [0.15, 0.2) is 0 Å². The number of nitrogens with one attached hydrogen (secondary N) is 1. The Bertz CT molecular complexity index is 990. The Hall–Kier alpha value is -3.11. The lowest BCUT2D eigenvalue weighted by molar-refractivity contribution is -0.113. The number of halogens is 1. The van der Waals surface area contributed by atoms with Crippen molar-refractivity contribution in [1.82, 2.24) is 5.32 Å². The SMILES string of the molecule is O=C(NC(Cc1ccccc1)C(=O)Cl)OCC1c2ccccc2-c2ccccc21. The molecular formula is C24H20ClNO3. The highest BCUT2D eigenvalue weighted by Crippen LogP contribution is 2.44. The molecule has 1 N–H and O–H groups in total. The average molecular weight is 406 g/mol. The summed E-state index contributed by atoms with van der Waals surface area (Å²) in [5.74, 6) is -0.0348. The number of fused-ring (bicyclic) bond motifs is 3. The van der Waals surface area contributed by atoms with Crippen LogP contribution in [0, 0.1) is 0 Å². The quantitative estimate of drug-likeness (QED) is 0.593.